The summed E-state index contributed by atoms with van der Waals surface area (Å²) in [7, 11) is 3.43. The fraction of sp³-hybridized carbons (Fsp3) is 0.684. The summed E-state index contributed by atoms with van der Waals surface area (Å²) < 4.78 is 0. The highest BCUT2D eigenvalue weighted by Crippen LogP contribution is 2.12. The van der Waals surface area contributed by atoms with Gasteiger partial charge in [0.25, 0.3) is 11.8 Å². The lowest BCUT2D eigenvalue weighted by molar-refractivity contribution is -0.122. The van der Waals surface area contributed by atoms with Gasteiger partial charge in [0.1, 0.15) is 5.78 Å². The molecule has 1 rings (SSSR count). The second kappa shape index (κ2) is 52.3. The summed E-state index contributed by atoms with van der Waals surface area (Å²) in [6, 6.07) is 4.86. The molecule has 0 aliphatic heterocycles. The Balaban J connectivity index is -0.000000198. The van der Waals surface area contributed by atoms with Crippen LogP contribution >= 0.6 is 23.5 Å². The largest absolute Gasteiger partial charge is 0.362 e. The number of thioether (sulfide) groups is 2. The highest BCUT2D eigenvalue weighted by molar-refractivity contribution is 8.00. The highest BCUT2D eigenvalue weighted by atomic mass is 32.2. The molecule has 1 aromatic rings. The number of amides is 5. The minimum Gasteiger partial charge on any atom is -0.362 e. The molecule has 12 nitrogen and oxygen atoms in total. The Morgan fingerprint density at radius 2 is 1.19 bits per heavy atom. The monoisotopic (exact) mass is 777 g/mol. The van der Waals surface area contributed by atoms with E-state index >= 15 is 0 Å². The standard InChI is InChI=1S/C20H30N4O4S2.C8H17NO.C2H5NO.4C2H6/c1-3-22-18(26)13-30-8-6-24-20(28)17-10-15(12-21-14-25)9-16(11-17)19(27)23-5-7-29-4-2;1-4-7(2)8(10)5-6-9-3;1-3-2-4;4*1-2/h9-11,14H,3-8,12-13H2,1-2H3,(H,21,25)(H,22,26)(H,23,27)(H,24,28);7,9H,4-6H2,1-3H3;2H,1H3,(H,3,4);4*1-2H3. The van der Waals surface area contributed by atoms with Crippen LogP contribution in [0.15, 0.2) is 18.2 Å². The third-order valence-electron chi connectivity index (χ3n) is 5.68. The predicted molar refractivity (Wildman–Crippen MR) is 227 cm³/mol. The average Bonchev–Trinajstić information content (AvgIpc) is 3.20. The maximum atomic E-state index is 12.5. The first-order valence-electron chi connectivity index (χ1n) is 18.7. The van der Waals surface area contributed by atoms with E-state index in [0.717, 1.165) is 24.5 Å². The maximum Gasteiger partial charge on any atom is 0.251 e. The fourth-order valence-electron chi connectivity index (χ4n) is 3.17. The van der Waals surface area contributed by atoms with E-state index in [-0.39, 0.29) is 30.2 Å². The van der Waals surface area contributed by atoms with Gasteiger partial charge in [0.05, 0.1) is 5.75 Å². The lowest BCUT2D eigenvalue weighted by atomic mass is 10.0. The molecule has 1 unspecified atom stereocenters. The number of rotatable bonds is 21. The maximum absolute atomic E-state index is 12.5. The lowest BCUT2D eigenvalue weighted by Gasteiger charge is -2.11. The van der Waals surface area contributed by atoms with E-state index in [2.05, 4.69) is 38.8 Å². The Bertz CT molecular complexity index is 987. The number of carbonyl (C=O) groups is 6. The summed E-state index contributed by atoms with van der Waals surface area (Å²) in [5.74, 6) is 2.75. The van der Waals surface area contributed by atoms with E-state index < -0.39 is 0 Å². The summed E-state index contributed by atoms with van der Waals surface area (Å²) in [5.41, 5.74) is 1.38. The van der Waals surface area contributed by atoms with E-state index in [4.69, 9.17) is 4.79 Å². The van der Waals surface area contributed by atoms with Crippen LogP contribution in [0.1, 0.15) is 122 Å². The molecule has 0 radical (unpaired) electrons. The van der Waals surface area contributed by atoms with Crippen LogP contribution in [-0.2, 0) is 25.7 Å². The van der Waals surface area contributed by atoms with E-state index in [1.165, 1.54) is 11.8 Å². The van der Waals surface area contributed by atoms with Crippen LogP contribution in [0.2, 0.25) is 0 Å². The van der Waals surface area contributed by atoms with Crippen molar-refractivity contribution in [2.24, 2.45) is 5.92 Å². The number of Topliss-reactive ketones (excluding diaryl/α,β-unsaturated/α-hetero) is 1. The highest BCUT2D eigenvalue weighted by Gasteiger charge is 2.13. The van der Waals surface area contributed by atoms with Gasteiger partial charge in [-0.15, -0.1) is 0 Å². The number of hydrogen-bond donors (Lipinski definition) is 6. The summed E-state index contributed by atoms with van der Waals surface area (Å²) in [4.78, 5) is 67.1. The second-order valence-electron chi connectivity index (χ2n) is 9.17. The van der Waals surface area contributed by atoms with Crippen LogP contribution < -0.4 is 31.9 Å². The Kier molecular flexibility index (Phi) is 61.3. The number of carbonyl (C=O) groups excluding carboxylic acids is 6. The lowest BCUT2D eigenvalue weighted by Crippen LogP contribution is -2.29. The van der Waals surface area contributed by atoms with Crippen molar-refractivity contribution >= 4 is 59.8 Å². The third-order valence-corrected chi connectivity index (χ3v) is 7.54. The number of benzene rings is 1. The Hall–Kier alpha value is -3.10. The molecule has 14 heteroatoms. The fourth-order valence-corrected chi connectivity index (χ4v) is 4.39. The minimum absolute atomic E-state index is 0.0304. The van der Waals surface area contributed by atoms with Gasteiger partial charge in [0, 0.05) is 74.7 Å². The smallest absolute Gasteiger partial charge is 0.251 e. The van der Waals surface area contributed by atoms with Gasteiger partial charge >= 0.3 is 0 Å². The molecule has 0 saturated carbocycles. The molecule has 1 aromatic carbocycles. The first kappa shape index (κ1) is 61.0. The molecule has 0 aliphatic rings. The van der Waals surface area contributed by atoms with Gasteiger partial charge in [-0.1, -0.05) is 76.2 Å². The second-order valence-corrected chi connectivity index (χ2v) is 11.7. The van der Waals surface area contributed by atoms with Crippen molar-refractivity contribution < 1.29 is 28.8 Å². The van der Waals surface area contributed by atoms with Crippen LogP contribution in [0.25, 0.3) is 0 Å². The topological polar surface area (TPSA) is 175 Å². The quantitative estimate of drug-likeness (QED) is 0.0677. The van der Waals surface area contributed by atoms with Crippen molar-refractivity contribution in [3.63, 3.8) is 0 Å². The molecule has 0 fully saturated rings. The van der Waals surface area contributed by atoms with Gasteiger partial charge in [-0.3, -0.25) is 28.8 Å². The summed E-state index contributed by atoms with van der Waals surface area (Å²) in [5, 5.41) is 16.1. The van der Waals surface area contributed by atoms with E-state index in [0.29, 0.717) is 72.9 Å². The van der Waals surface area contributed by atoms with Crippen LogP contribution in [0.5, 0.6) is 0 Å². The van der Waals surface area contributed by atoms with Gasteiger partial charge < -0.3 is 31.9 Å². The third kappa shape index (κ3) is 41.3. The number of hydrogen-bond acceptors (Lipinski definition) is 9. The molecule has 0 heterocycles. The zero-order valence-corrected chi connectivity index (χ0v) is 36.6. The Morgan fingerprint density at radius 3 is 1.58 bits per heavy atom. The van der Waals surface area contributed by atoms with Crippen LogP contribution in [0, 0.1) is 5.92 Å². The van der Waals surface area contributed by atoms with Gasteiger partial charge in [-0.2, -0.15) is 23.5 Å². The van der Waals surface area contributed by atoms with Crippen molar-refractivity contribution in [3.05, 3.63) is 34.9 Å². The van der Waals surface area contributed by atoms with Crippen LogP contribution in [0.3, 0.4) is 0 Å². The summed E-state index contributed by atoms with van der Waals surface area (Å²) in [6.07, 6.45) is 2.83. The van der Waals surface area contributed by atoms with E-state index in [9.17, 15) is 24.0 Å². The average molecular weight is 777 g/mol. The minimum atomic E-state index is -0.308. The Labute approximate surface area is 326 Å². The van der Waals surface area contributed by atoms with Gasteiger partial charge in [0.2, 0.25) is 18.7 Å². The molecule has 52 heavy (non-hydrogen) atoms. The zero-order valence-electron chi connectivity index (χ0n) is 35.0. The van der Waals surface area contributed by atoms with Crippen molar-refractivity contribution in [1.82, 2.24) is 31.9 Å². The molecule has 306 valence electrons. The van der Waals surface area contributed by atoms with E-state index in [1.807, 2.05) is 83.2 Å². The molecule has 0 aromatic heterocycles. The molecule has 6 N–H and O–H groups in total. The van der Waals surface area contributed by atoms with E-state index in [1.54, 1.807) is 37.0 Å². The van der Waals surface area contributed by atoms with Gasteiger partial charge in [0.15, 0.2) is 0 Å². The SMILES string of the molecule is CC.CC.CC.CC.CCC(C)C(=O)CCNC.CCNC(=O)CSCCNC(=O)c1cc(CNC=O)cc(C(=O)NCCSCC)c1.CNC=O. The van der Waals surface area contributed by atoms with Crippen LogP contribution in [0.4, 0.5) is 0 Å². The predicted octanol–water partition coefficient (Wildman–Crippen LogP) is 5.69. The Morgan fingerprint density at radius 1 is 0.712 bits per heavy atom. The van der Waals surface area contributed by atoms with Crippen molar-refractivity contribution in [3.8, 4) is 0 Å². The molecular formula is C38H76N6O6S2. The number of ketones is 1. The normalized spacial score (nSPS) is 9.27. The number of nitrogens with one attached hydrogen (secondary N) is 6. The molecule has 1 atom stereocenters. The molecular weight excluding hydrogens is 701 g/mol. The first-order valence-corrected chi connectivity index (χ1v) is 21.0. The zero-order chi connectivity index (χ0) is 41.6. The molecule has 5 amide bonds. The van der Waals surface area contributed by atoms with Crippen LogP contribution in [-0.4, -0.2) is 99.6 Å². The molecule has 0 bridgehead atoms. The molecule has 0 aliphatic carbocycles. The van der Waals surface area contributed by atoms with Gasteiger partial charge in [-0.05, 0) is 49.9 Å². The first-order chi connectivity index (χ1) is 25.1. The molecule has 0 spiro atoms. The summed E-state index contributed by atoms with van der Waals surface area (Å²) >= 11 is 3.16. The van der Waals surface area contributed by atoms with Gasteiger partial charge in [-0.25, -0.2) is 0 Å². The van der Waals surface area contributed by atoms with Crippen molar-refractivity contribution in [1.29, 1.82) is 0 Å². The summed E-state index contributed by atoms with van der Waals surface area (Å²) in [6.45, 7) is 26.5. The van der Waals surface area contributed by atoms with Crippen molar-refractivity contribution in [2.45, 2.75) is 102 Å². The molecule has 0 saturated heterocycles. The van der Waals surface area contributed by atoms with Crippen molar-refractivity contribution in [2.75, 3.05) is 63.3 Å².